The van der Waals surface area contributed by atoms with Gasteiger partial charge in [-0.25, -0.2) is 0 Å². The van der Waals surface area contributed by atoms with Crippen molar-refractivity contribution >= 4 is 5.69 Å². The van der Waals surface area contributed by atoms with Crippen molar-refractivity contribution in [2.45, 2.75) is 45.4 Å². The Morgan fingerprint density at radius 1 is 1.38 bits per heavy atom. The highest BCUT2D eigenvalue weighted by Crippen LogP contribution is 2.28. The van der Waals surface area contributed by atoms with Crippen molar-refractivity contribution in [3.05, 3.63) is 24.0 Å². The van der Waals surface area contributed by atoms with Gasteiger partial charge < -0.3 is 5.32 Å². The highest BCUT2D eigenvalue weighted by atomic mass is 14.9. The van der Waals surface area contributed by atoms with E-state index in [0.29, 0.717) is 0 Å². The second-order valence-electron chi connectivity index (χ2n) is 4.91. The molecule has 16 heavy (non-hydrogen) atoms. The van der Waals surface area contributed by atoms with Crippen molar-refractivity contribution in [1.82, 2.24) is 4.98 Å². The van der Waals surface area contributed by atoms with Crippen LogP contribution in [0, 0.1) is 12.8 Å². The average Bonchev–Trinajstić information content (AvgIpc) is 2.77. The van der Waals surface area contributed by atoms with Crippen LogP contribution in [0.25, 0.3) is 0 Å². The van der Waals surface area contributed by atoms with Gasteiger partial charge in [-0.3, -0.25) is 4.98 Å². The predicted octanol–water partition coefficient (Wildman–Crippen LogP) is 3.77. The fourth-order valence-corrected chi connectivity index (χ4v) is 2.58. The van der Waals surface area contributed by atoms with Crippen molar-refractivity contribution in [1.29, 1.82) is 0 Å². The largest absolute Gasteiger partial charge is 0.385 e. The van der Waals surface area contributed by atoms with Crippen molar-refractivity contribution in [2.24, 2.45) is 5.92 Å². The summed E-state index contributed by atoms with van der Waals surface area (Å²) in [5.74, 6) is 1.01. The second-order valence-corrected chi connectivity index (χ2v) is 4.91. The normalized spacial score (nSPS) is 16.6. The quantitative estimate of drug-likeness (QED) is 0.761. The molecule has 1 heterocycles. The number of rotatable bonds is 5. The van der Waals surface area contributed by atoms with Gasteiger partial charge in [0, 0.05) is 24.1 Å². The van der Waals surface area contributed by atoms with E-state index in [1.807, 2.05) is 19.2 Å². The Balaban J connectivity index is 1.64. The molecule has 1 N–H and O–H groups in total. The standard InChI is InChI=1S/C14H22N2/c1-12-11-14(8-10-15-12)16-9-4-7-13-5-2-3-6-13/h8,10-11,13H,2-7,9H2,1H3,(H,15,16). The van der Waals surface area contributed by atoms with Gasteiger partial charge in [0.15, 0.2) is 0 Å². The van der Waals surface area contributed by atoms with Crippen molar-refractivity contribution in [3.63, 3.8) is 0 Å². The highest BCUT2D eigenvalue weighted by Gasteiger charge is 2.13. The Kier molecular flexibility index (Phi) is 4.20. The number of pyridine rings is 1. The lowest BCUT2D eigenvalue weighted by Gasteiger charge is -2.10. The van der Waals surface area contributed by atoms with Crippen molar-refractivity contribution in [3.8, 4) is 0 Å². The van der Waals surface area contributed by atoms with Gasteiger partial charge in [-0.1, -0.05) is 25.7 Å². The molecule has 1 fully saturated rings. The zero-order valence-corrected chi connectivity index (χ0v) is 10.2. The summed E-state index contributed by atoms with van der Waals surface area (Å²) >= 11 is 0. The molecule has 2 rings (SSSR count). The number of aromatic nitrogens is 1. The Bertz CT molecular complexity index is 316. The van der Waals surface area contributed by atoms with E-state index in [1.165, 1.54) is 44.2 Å². The van der Waals surface area contributed by atoms with Crippen LogP contribution in [0.1, 0.15) is 44.2 Å². The van der Waals surface area contributed by atoms with E-state index < -0.39 is 0 Å². The summed E-state index contributed by atoms with van der Waals surface area (Å²) < 4.78 is 0. The first-order chi connectivity index (χ1) is 7.84. The molecule has 1 aromatic rings. The Labute approximate surface area is 98.5 Å². The first-order valence-electron chi connectivity index (χ1n) is 6.51. The molecule has 1 aromatic heterocycles. The van der Waals surface area contributed by atoms with Crippen LogP contribution in [-0.4, -0.2) is 11.5 Å². The molecule has 1 saturated carbocycles. The fourth-order valence-electron chi connectivity index (χ4n) is 2.58. The topological polar surface area (TPSA) is 24.9 Å². The summed E-state index contributed by atoms with van der Waals surface area (Å²) in [5, 5.41) is 3.47. The van der Waals surface area contributed by atoms with Gasteiger partial charge >= 0.3 is 0 Å². The lowest BCUT2D eigenvalue weighted by Crippen LogP contribution is -2.04. The maximum absolute atomic E-state index is 4.19. The summed E-state index contributed by atoms with van der Waals surface area (Å²) in [5.41, 5.74) is 2.29. The minimum Gasteiger partial charge on any atom is -0.385 e. The third-order valence-corrected chi connectivity index (χ3v) is 3.49. The van der Waals surface area contributed by atoms with Crippen LogP contribution in [-0.2, 0) is 0 Å². The summed E-state index contributed by atoms with van der Waals surface area (Å²) in [6.07, 6.45) is 10.4. The van der Waals surface area contributed by atoms with E-state index in [-0.39, 0.29) is 0 Å². The number of aryl methyl sites for hydroxylation is 1. The molecule has 0 atom stereocenters. The summed E-state index contributed by atoms with van der Waals surface area (Å²) in [6, 6.07) is 4.15. The zero-order chi connectivity index (χ0) is 11.2. The van der Waals surface area contributed by atoms with Crippen LogP contribution in [0.2, 0.25) is 0 Å². The average molecular weight is 218 g/mol. The SMILES string of the molecule is Cc1cc(NCCCC2CCCC2)ccn1. The third-order valence-electron chi connectivity index (χ3n) is 3.49. The zero-order valence-electron chi connectivity index (χ0n) is 10.2. The van der Waals surface area contributed by atoms with Crippen molar-refractivity contribution in [2.75, 3.05) is 11.9 Å². The monoisotopic (exact) mass is 218 g/mol. The molecular weight excluding hydrogens is 196 g/mol. The number of hydrogen-bond acceptors (Lipinski definition) is 2. The van der Waals surface area contributed by atoms with Crippen molar-refractivity contribution < 1.29 is 0 Å². The molecule has 2 heteroatoms. The molecule has 0 spiro atoms. The second kappa shape index (κ2) is 5.88. The molecule has 1 aliphatic rings. The third kappa shape index (κ3) is 3.51. The summed E-state index contributed by atoms with van der Waals surface area (Å²) in [4.78, 5) is 4.19. The van der Waals surface area contributed by atoms with E-state index in [1.54, 1.807) is 0 Å². The molecule has 0 amide bonds. The number of nitrogens with zero attached hydrogens (tertiary/aromatic N) is 1. The maximum Gasteiger partial charge on any atom is 0.0393 e. The molecule has 0 radical (unpaired) electrons. The maximum atomic E-state index is 4.19. The first-order valence-corrected chi connectivity index (χ1v) is 6.51. The van der Waals surface area contributed by atoms with Gasteiger partial charge in [0.05, 0.1) is 0 Å². The molecule has 1 aliphatic carbocycles. The number of anilines is 1. The highest BCUT2D eigenvalue weighted by molar-refractivity contribution is 5.42. The molecule has 0 saturated heterocycles. The van der Waals surface area contributed by atoms with Gasteiger partial charge in [0.1, 0.15) is 0 Å². The summed E-state index contributed by atoms with van der Waals surface area (Å²) in [7, 11) is 0. The van der Waals surface area contributed by atoms with Crippen LogP contribution < -0.4 is 5.32 Å². The molecule has 0 bridgehead atoms. The predicted molar refractivity (Wildman–Crippen MR) is 68.7 cm³/mol. The van der Waals surface area contributed by atoms with E-state index in [0.717, 1.165) is 18.2 Å². The van der Waals surface area contributed by atoms with Gasteiger partial charge in [-0.15, -0.1) is 0 Å². The minimum atomic E-state index is 1.01. The van der Waals surface area contributed by atoms with Gasteiger partial charge in [-0.05, 0) is 37.8 Å². The summed E-state index contributed by atoms with van der Waals surface area (Å²) in [6.45, 7) is 3.13. The van der Waals surface area contributed by atoms with Crippen LogP contribution in [0.15, 0.2) is 18.3 Å². The van der Waals surface area contributed by atoms with Crippen LogP contribution in [0.4, 0.5) is 5.69 Å². The van der Waals surface area contributed by atoms with Crippen LogP contribution in [0.3, 0.4) is 0 Å². The van der Waals surface area contributed by atoms with E-state index in [9.17, 15) is 0 Å². The lowest BCUT2D eigenvalue weighted by atomic mass is 10.0. The molecular formula is C14H22N2. The van der Waals surface area contributed by atoms with Crippen LogP contribution >= 0.6 is 0 Å². The molecule has 0 unspecified atom stereocenters. The van der Waals surface area contributed by atoms with Gasteiger partial charge in [0.2, 0.25) is 0 Å². The molecule has 88 valence electrons. The number of nitrogens with one attached hydrogen (secondary N) is 1. The van der Waals surface area contributed by atoms with E-state index in [4.69, 9.17) is 0 Å². The minimum absolute atomic E-state index is 1.01. The Hall–Kier alpha value is -1.05. The molecule has 2 nitrogen and oxygen atoms in total. The smallest absolute Gasteiger partial charge is 0.0393 e. The van der Waals surface area contributed by atoms with Gasteiger partial charge in [0.25, 0.3) is 0 Å². The number of hydrogen-bond donors (Lipinski definition) is 1. The van der Waals surface area contributed by atoms with Crippen LogP contribution in [0.5, 0.6) is 0 Å². The van der Waals surface area contributed by atoms with E-state index in [2.05, 4.69) is 16.4 Å². The molecule has 0 aromatic carbocycles. The lowest BCUT2D eigenvalue weighted by molar-refractivity contribution is 0.491. The molecule has 0 aliphatic heterocycles. The Morgan fingerprint density at radius 2 is 2.19 bits per heavy atom. The Morgan fingerprint density at radius 3 is 2.94 bits per heavy atom. The van der Waals surface area contributed by atoms with Gasteiger partial charge in [-0.2, -0.15) is 0 Å². The first kappa shape index (κ1) is 11.4. The van der Waals surface area contributed by atoms with E-state index >= 15 is 0 Å². The fraction of sp³-hybridized carbons (Fsp3) is 0.643.